The van der Waals surface area contributed by atoms with Gasteiger partial charge in [0.1, 0.15) is 5.75 Å². The highest BCUT2D eigenvalue weighted by Crippen LogP contribution is 2.13. The molecule has 0 fully saturated rings. The molecule has 3 rings (SSSR count). The molecule has 26 heavy (non-hydrogen) atoms. The van der Waals surface area contributed by atoms with Crippen LogP contribution in [0.15, 0.2) is 67.1 Å². The van der Waals surface area contributed by atoms with Gasteiger partial charge in [-0.3, -0.25) is 4.79 Å². The molecule has 7 heteroatoms. The molecule has 0 saturated heterocycles. The molecule has 0 aliphatic carbocycles. The van der Waals surface area contributed by atoms with Gasteiger partial charge in [0.25, 0.3) is 0 Å². The van der Waals surface area contributed by atoms with E-state index in [1.807, 2.05) is 28.8 Å². The number of nitrogens with one attached hydrogen (secondary N) is 1. The van der Waals surface area contributed by atoms with Crippen LogP contribution in [0.2, 0.25) is 5.02 Å². The van der Waals surface area contributed by atoms with Gasteiger partial charge in [-0.2, -0.15) is 0 Å². The number of hydrogen-bond acceptors (Lipinski definition) is 3. The second-order valence-electron chi connectivity index (χ2n) is 5.48. The molecular formula is C19H17Cl2N3O2. The Morgan fingerprint density at radius 1 is 1.23 bits per heavy atom. The Morgan fingerprint density at radius 3 is 2.73 bits per heavy atom. The molecule has 0 atom stereocenters. The second-order valence-corrected chi connectivity index (χ2v) is 5.91. The number of aromatic nitrogens is 2. The van der Waals surface area contributed by atoms with E-state index in [4.69, 9.17) is 11.6 Å². The number of imidazole rings is 1. The minimum Gasteiger partial charge on any atom is -0.508 e. The van der Waals surface area contributed by atoms with Crippen molar-refractivity contribution in [1.82, 2.24) is 9.55 Å². The van der Waals surface area contributed by atoms with Crippen LogP contribution in [0.3, 0.4) is 0 Å². The van der Waals surface area contributed by atoms with E-state index in [1.165, 1.54) is 6.08 Å². The summed E-state index contributed by atoms with van der Waals surface area (Å²) in [6.07, 6.45) is 6.49. The number of amides is 1. The predicted octanol–water partition coefficient (Wildman–Crippen LogP) is 4.36. The minimum atomic E-state index is -0.277. The summed E-state index contributed by atoms with van der Waals surface area (Å²) in [4.78, 5) is 16.1. The van der Waals surface area contributed by atoms with Crippen LogP contribution >= 0.6 is 24.0 Å². The van der Waals surface area contributed by atoms with Crippen molar-refractivity contribution < 1.29 is 9.90 Å². The lowest BCUT2D eigenvalue weighted by atomic mass is 10.2. The van der Waals surface area contributed by atoms with Gasteiger partial charge in [0.05, 0.1) is 6.33 Å². The molecule has 2 aromatic carbocycles. The Bertz CT molecular complexity index is 905. The largest absolute Gasteiger partial charge is 0.508 e. The fourth-order valence-corrected chi connectivity index (χ4v) is 2.50. The zero-order chi connectivity index (χ0) is 17.6. The van der Waals surface area contributed by atoms with Gasteiger partial charge in [0.2, 0.25) is 5.91 Å². The standard InChI is InChI=1S/C19H16ClN3O2.ClH/c20-16-3-1-2-15(10-16)11-23-12-18(21-13-23)22-19(25)9-6-14-4-7-17(24)8-5-14;/h1-10,12-13,24H,11H2,(H,22,25);1H/b9-6+;. The Labute approximate surface area is 162 Å². The third-order valence-electron chi connectivity index (χ3n) is 3.46. The number of hydrogen-bond donors (Lipinski definition) is 2. The van der Waals surface area contributed by atoms with Crippen LogP contribution in [0.5, 0.6) is 5.75 Å². The summed E-state index contributed by atoms with van der Waals surface area (Å²) in [5.41, 5.74) is 1.87. The van der Waals surface area contributed by atoms with Crippen molar-refractivity contribution in [1.29, 1.82) is 0 Å². The van der Waals surface area contributed by atoms with Gasteiger partial charge in [-0.25, -0.2) is 4.98 Å². The van der Waals surface area contributed by atoms with Crippen molar-refractivity contribution in [3.63, 3.8) is 0 Å². The fourth-order valence-electron chi connectivity index (χ4n) is 2.28. The number of carbonyl (C=O) groups is 1. The number of aromatic hydroxyl groups is 1. The lowest BCUT2D eigenvalue weighted by molar-refractivity contribution is -0.111. The molecule has 2 N–H and O–H groups in total. The van der Waals surface area contributed by atoms with Crippen molar-refractivity contribution in [2.75, 3.05) is 5.32 Å². The summed E-state index contributed by atoms with van der Waals surface area (Å²) < 4.78 is 1.87. The minimum absolute atomic E-state index is 0. The first-order chi connectivity index (χ1) is 12.1. The molecular weight excluding hydrogens is 373 g/mol. The molecule has 0 saturated carbocycles. The van der Waals surface area contributed by atoms with Crippen LogP contribution in [0.25, 0.3) is 6.08 Å². The van der Waals surface area contributed by atoms with Gasteiger partial charge in [0.15, 0.2) is 5.82 Å². The maximum Gasteiger partial charge on any atom is 0.249 e. The monoisotopic (exact) mass is 389 g/mol. The second kappa shape index (κ2) is 9.08. The van der Waals surface area contributed by atoms with Gasteiger partial charge < -0.3 is 15.0 Å². The molecule has 0 spiro atoms. The molecule has 0 aliphatic heterocycles. The third-order valence-corrected chi connectivity index (χ3v) is 3.69. The summed E-state index contributed by atoms with van der Waals surface area (Å²) >= 11 is 5.98. The zero-order valence-corrected chi connectivity index (χ0v) is 15.2. The Balaban J connectivity index is 0.00000243. The van der Waals surface area contributed by atoms with Crippen LogP contribution in [0.4, 0.5) is 5.82 Å². The van der Waals surface area contributed by atoms with E-state index in [0.717, 1.165) is 11.1 Å². The Morgan fingerprint density at radius 2 is 2.00 bits per heavy atom. The first-order valence-electron chi connectivity index (χ1n) is 7.63. The van der Waals surface area contributed by atoms with Gasteiger partial charge in [-0.05, 0) is 41.5 Å². The molecule has 3 aromatic rings. The third kappa shape index (κ3) is 5.65. The highest BCUT2D eigenvalue weighted by Gasteiger charge is 2.03. The average Bonchev–Trinajstić information content (AvgIpc) is 3.01. The number of phenolic OH excluding ortho intramolecular Hbond substituents is 1. The van der Waals surface area contributed by atoms with Crippen molar-refractivity contribution in [3.05, 3.63) is 83.3 Å². The van der Waals surface area contributed by atoms with E-state index in [0.29, 0.717) is 17.4 Å². The van der Waals surface area contributed by atoms with Gasteiger partial charge in [0, 0.05) is 23.8 Å². The number of halogens is 2. The number of anilines is 1. The van der Waals surface area contributed by atoms with Crippen LogP contribution < -0.4 is 5.32 Å². The topological polar surface area (TPSA) is 67.2 Å². The maximum absolute atomic E-state index is 12.0. The number of phenols is 1. The normalized spacial score (nSPS) is 10.5. The predicted molar refractivity (Wildman–Crippen MR) is 106 cm³/mol. The smallest absolute Gasteiger partial charge is 0.249 e. The van der Waals surface area contributed by atoms with Crippen molar-refractivity contribution in [2.45, 2.75) is 6.54 Å². The summed E-state index contributed by atoms with van der Waals surface area (Å²) in [6.45, 7) is 0.618. The van der Waals surface area contributed by atoms with E-state index in [9.17, 15) is 9.90 Å². The quantitative estimate of drug-likeness (QED) is 0.636. The number of rotatable bonds is 5. The summed E-state index contributed by atoms with van der Waals surface area (Å²) in [5.74, 6) is 0.385. The molecule has 0 unspecified atom stereocenters. The zero-order valence-electron chi connectivity index (χ0n) is 13.7. The van der Waals surface area contributed by atoms with Crippen molar-refractivity contribution >= 4 is 41.8 Å². The van der Waals surface area contributed by atoms with E-state index in [2.05, 4.69) is 10.3 Å². The van der Waals surface area contributed by atoms with E-state index in [1.54, 1.807) is 42.9 Å². The molecule has 0 bridgehead atoms. The molecule has 1 aromatic heterocycles. The number of carbonyl (C=O) groups excluding carboxylic acids is 1. The molecule has 1 amide bonds. The SMILES string of the molecule is Cl.O=C(/C=C/c1ccc(O)cc1)Nc1cn(Cc2cccc(Cl)c2)cn1. The van der Waals surface area contributed by atoms with Gasteiger partial charge in [-0.1, -0.05) is 35.9 Å². The maximum atomic E-state index is 12.0. The number of benzene rings is 2. The summed E-state index contributed by atoms with van der Waals surface area (Å²) in [7, 11) is 0. The first kappa shape index (κ1) is 19.6. The Hall–Kier alpha value is -2.76. The number of nitrogens with zero attached hydrogens (tertiary/aromatic N) is 2. The van der Waals surface area contributed by atoms with Crippen LogP contribution in [-0.2, 0) is 11.3 Å². The van der Waals surface area contributed by atoms with E-state index in [-0.39, 0.29) is 24.1 Å². The molecule has 0 aliphatic rings. The molecule has 0 radical (unpaired) electrons. The summed E-state index contributed by atoms with van der Waals surface area (Å²) in [5, 5.41) is 12.6. The average molecular weight is 390 g/mol. The van der Waals surface area contributed by atoms with Crippen LogP contribution in [0, 0.1) is 0 Å². The molecule has 5 nitrogen and oxygen atoms in total. The molecule has 134 valence electrons. The molecule has 1 heterocycles. The highest BCUT2D eigenvalue weighted by molar-refractivity contribution is 6.30. The highest BCUT2D eigenvalue weighted by atomic mass is 35.5. The Kier molecular flexibility index (Phi) is 6.83. The van der Waals surface area contributed by atoms with Gasteiger partial charge in [-0.15, -0.1) is 12.4 Å². The van der Waals surface area contributed by atoms with Crippen molar-refractivity contribution in [3.8, 4) is 5.75 Å². The lowest BCUT2D eigenvalue weighted by Crippen LogP contribution is -2.08. The van der Waals surface area contributed by atoms with E-state index >= 15 is 0 Å². The van der Waals surface area contributed by atoms with Crippen LogP contribution in [-0.4, -0.2) is 20.6 Å². The van der Waals surface area contributed by atoms with E-state index < -0.39 is 0 Å². The van der Waals surface area contributed by atoms with Gasteiger partial charge >= 0.3 is 0 Å². The van der Waals surface area contributed by atoms with Crippen molar-refractivity contribution in [2.24, 2.45) is 0 Å². The summed E-state index contributed by atoms with van der Waals surface area (Å²) in [6, 6.07) is 14.2. The van der Waals surface area contributed by atoms with Crippen LogP contribution in [0.1, 0.15) is 11.1 Å². The fraction of sp³-hybridized carbons (Fsp3) is 0.0526. The first-order valence-corrected chi connectivity index (χ1v) is 8.00. The lowest BCUT2D eigenvalue weighted by Gasteiger charge is -2.02.